The Balaban J connectivity index is 2.53. The van der Waals surface area contributed by atoms with Crippen LogP contribution in [0.15, 0.2) is 0 Å². The number of nitrogens with two attached hydrogens (primary N) is 2. The summed E-state index contributed by atoms with van der Waals surface area (Å²) in [5.74, 6) is 0. The zero-order valence-corrected chi connectivity index (χ0v) is 8.96. The van der Waals surface area contributed by atoms with Gasteiger partial charge in [-0.25, -0.2) is 9.59 Å². The van der Waals surface area contributed by atoms with E-state index in [1.165, 1.54) is 9.80 Å². The van der Waals surface area contributed by atoms with Crippen LogP contribution in [0.3, 0.4) is 0 Å². The van der Waals surface area contributed by atoms with Gasteiger partial charge < -0.3 is 26.1 Å². The molecule has 16 heavy (non-hydrogen) atoms. The molecular weight excluding hydrogens is 212 g/mol. The lowest BCUT2D eigenvalue weighted by atomic mass is 10.0. The lowest BCUT2D eigenvalue weighted by Gasteiger charge is -2.36. The van der Waals surface area contributed by atoms with Gasteiger partial charge in [0.05, 0.1) is 6.54 Å². The molecule has 0 aromatic carbocycles. The normalized spacial score (nSPS) is 16.9. The second kappa shape index (κ2) is 5.34. The number of carbonyl (C=O) groups is 3. The van der Waals surface area contributed by atoms with Crippen LogP contribution in [0.2, 0.25) is 0 Å². The molecule has 0 aromatic heterocycles. The van der Waals surface area contributed by atoms with Gasteiger partial charge in [0.15, 0.2) is 0 Å². The molecule has 7 heteroatoms. The number of rotatable bonds is 3. The van der Waals surface area contributed by atoms with Gasteiger partial charge in [0.25, 0.3) is 0 Å². The van der Waals surface area contributed by atoms with Crippen LogP contribution in [0.4, 0.5) is 9.59 Å². The standard InChI is InChI=1S/C9H16N4O3/c10-8(15)12-3-1-7(2-4-12)13(5-6-14)9(11)16/h6-7H,1-5H2,(H2,10,15)(H2,11,16). The molecule has 1 fully saturated rings. The van der Waals surface area contributed by atoms with Crippen LogP contribution in [-0.4, -0.2) is 53.8 Å². The summed E-state index contributed by atoms with van der Waals surface area (Å²) in [6, 6.07) is -1.15. The van der Waals surface area contributed by atoms with Crippen LogP contribution in [0, 0.1) is 0 Å². The third-order valence-corrected chi connectivity index (χ3v) is 2.77. The van der Waals surface area contributed by atoms with Crippen molar-refractivity contribution < 1.29 is 14.4 Å². The van der Waals surface area contributed by atoms with Crippen LogP contribution in [0.1, 0.15) is 12.8 Å². The number of amides is 4. The number of hydrogen-bond donors (Lipinski definition) is 2. The van der Waals surface area contributed by atoms with Crippen molar-refractivity contribution in [3.8, 4) is 0 Å². The van der Waals surface area contributed by atoms with E-state index in [-0.39, 0.29) is 12.6 Å². The molecule has 0 aromatic rings. The predicted octanol–water partition coefficient (Wildman–Crippen LogP) is -0.891. The topological polar surface area (TPSA) is 110 Å². The highest BCUT2D eigenvalue weighted by Gasteiger charge is 2.27. The first-order chi connectivity index (χ1) is 7.56. The largest absolute Gasteiger partial charge is 0.351 e. The molecule has 0 spiro atoms. The van der Waals surface area contributed by atoms with Gasteiger partial charge >= 0.3 is 12.1 Å². The van der Waals surface area contributed by atoms with Gasteiger partial charge in [0, 0.05) is 19.1 Å². The SMILES string of the molecule is NC(=O)N1CCC(N(CC=O)C(N)=O)CC1. The third-order valence-electron chi connectivity index (χ3n) is 2.77. The molecule has 0 atom stereocenters. The molecule has 4 N–H and O–H groups in total. The van der Waals surface area contributed by atoms with Crippen molar-refractivity contribution in [3.63, 3.8) is 0 Å². The maximum absolute atomic E-state index is 11.1. The molecule has 0 saturated carbocycles. The fourth-order valence-corrected chi connectivity index (χ4v) is 1.90. The molecule has 1 aliphatic heterocycles. The van der Waals surface area contributed by atoms with Crippen molar-refractivity contribution in [2.45, 2.75) is 18.9 Å². The van der Waals surface area contributed by atoms with E-state index in [0.717, 1.165) is 0 Å². The van der Waals surface area contributed by atoms with E-state index >= 15 is 0 Å². The average molecular weight is 228 g/mol. The van der Waals surface area contributed by atoms with E-state index in [9.17, 15) is 14.4 Å². The Hall–Kier alpha value is -1.79. The predicted molar refractivity (Wildman–Crippen MR) is 56.5 cm³/mol. The highest BCUT2D eigenvalue weighted by atomic mass is 16.2. The number of piperidine rings is 1. The van der Waals surface area contributed by atoms with Crippen LogP contribution in [-0.2, 0) is 4.79 Å². The maximum atomic E-state index is 11.1. The number of aldehydes is 1. The zero-order chi connectivity index (χ0) is 12.1. The zero-order valence-electron chi connectivity index (χ0n) is 8.96. The summed E-state index contributed by atoms with van der Waals surface area (Å²) in [4.78, 5) is 35.2. The fourth-order valence-electron chi connectivity index (χ4n) is 1.90. The van der Waals surface area contributed by atoms with Crippen molar-refractivity contribution in [2.75, 3.05) is 19.6 Å². The van der Waals surface area contributed by atoms with E-state index < -0.39 is 12.1 Å². The summed E-state index contributed by atoms with van der Waals surface area (Å²) < 4.78 is 0. The number of carbonyl (C=O) groups excluding carboxylic acids is 3. The monoisotopic (exact) mass is 228 g/mol. The quantitative estimate of drug-likeness (QED) is 0.611. The van der Waals surface area contributed by atoms with Gasteiger partial charge in [-0.3, -0.25) is 0 Å². The Labute approximate surface area is 93.3 Å². The Morgan fingerprint density at radius 1 is 1.31 bits per heavy atom. The number of nitrogens with zero attached hydrogens (tertiary/aromatic N) is 2. The number of primary amides is 2. The lowest BCUT2D eigenvalue weighted by Crippen LogP contribution is -2.51. The number of likely N-dealkylation sites (tertiary alicyclic amines) is 1. The molecular formula is C9H16N4O3. The summed E-state index contributed by atoms with van der Waals surface area (Å²) in [6.45, 7) is 0.974. The first kappa shape index (κ1) is 12.3. The molecule has 1 saturated heterocycles. The van der Waals surface area contributed by atoms with Crippen LogP contribution >= 0.6 is 0 Å². The Kier molecular flexibility index (Phi) is 4.10. The van der Waals surface area contributed by atoms with Crippen molar-refractivity contribution >= 4 is 18.3 Å². The molecule has 0 bridgehead atoms. The van der Waals surface area contributed by atoms with Crippen LogP contribution in [0.5, 0.6) is 0 Å². The Bertz CT molecular complexity index is 286. The highest BCUT2D eigenvalue weighted by molar-refractivity contribution is 5.75. The van der Waals surface area contributed by atoms with E-state index in [1.807, 2.05) is 0 Å². The molecule has 0 aliphatic carbocycles. The molecule has 0 radical (unpaired) electrons. The highest BCUT2D eigenvalue weighted by Crippen LogP contribution is 2.15. The molecule has 7 nitrogen and oxygen atoms in total. The van der Waals surface area contributed by atoms with Gasteiger partial charge in [0.2, 0.25) is 0 Å². The van der Waals surface area contributed by atoms with Crippen molar-refractivity contribution in [3.05, 3.63) is 0 Å². The minimum Gasteiger partial charge on any atom is -0.351 e. The van der Waals surface area contributed by atoms with E-state index in [4.69, 9.17) is 11.5 Å². The molecule has 1 heterocycles. The van der Waals surface area contributed by atoms with Crippen LogP contribution < -0.4 is 11.5 Å². The first-order valence-corrected chi connectivity index (χ1v) is 5.10. The Morgan fingerprint density at radius 2 is 1.88 bits per heavy atom. The molecule has 1 aliphatic rings. The second-order valence-electron chi connectivity index (χ2n) is 3.71. The lowest BCUT2D eigenvalue weighted by molar-refractivity contribution is -0.108. The minimum atomic E-state index is -0.607. The average Bonchev–Trinajstić information content (AvgIpc) is 2.25. The summed E-state index contributed by atoms with van der Waals surface area (Å²) in [5.41, 5.74) is 10.3. The minimum absolute atomic E-state index is 0.00340. The molecule has 4 amide bonds. The third kappa shape index (κ3) is 2.85. The van der Waals surface area contributed by atoms with Gasteiger partial charge in [-0.05, 0) is 12.8 Å². The summed E-state index contributed by atoms with van der Waals surface area (Å²) in [7, 11) is 0. The van der Waals surface area contributed by atoms with Gasteiger partial charge in [-0.15, -0.1) is 0 Å². The summed E-state index contributed by atoms with van der Waals surface area (Å²) >= 11 is 0. The fraction of sp³-hybridized carbons (Fsp3) is 0.667. The number of urea groups is 2. The summed E-state index contributed by atoms with van der Waals surface area (Å²) in [6.07, 6.45) is 1.84. The van der Waals surface area contributed by atoms with Crippen molar-refractivity contribution in [2.24, 2.45) is 11.5 Å². The molecule has 0 unspecified atom stereocenters. The van der Waals surface area contributed by atoms with Gasteiger partial charge in [-0.1, -0.05) is 0 Å². The van der Waals surface area contributed by atoms with E-state index in [0.29, 0.717) is 32.2 Å². The van der Waals surface area contributed by atoms with E-state index in [1.54, 1.807) is 0 Å². The van der Waals surface area contributed by atoms with Gasteiger partial charge in [-0.2, -0.15) is 0 Å². The van der Waals surface area contributed by atoms with Crippen molar-refractivity contribution in [1.29, 1.82) is 0 Å². The molecule has 90 valence electrons. The first-order valence-electron chi connectivity index (χ1n) is 5.10. The Morgan fingerprint density at radius 3 is 2.25 bits per heavy atom. The smallest absolute Gasteiger partial charge is 0.315 e. The molecule has 1 rings (SSSR count). The van der Waals surface area contributed by atoms with Crippen LogP contribution in [0.25, 0.3) is 0 Å². The summed E-state index contributed by atoms with van der Waals surface area (Å²) in [5, 5.41) is 0. The van der Waals surface area contributed by atoms with E-state index in [2.05, 4.69) is 0 Å². The number of hydrogen-bond acceptors (Lipinski definition) is 3. The van der Waals surface area contributed by atoms with Crippen molar-refractivity contribution in [1.82, 2.24) is 9.80 Å². The maximum Gasteiger partial charge on any atom is 0.315 e. The van der Waals surface area contributed by atoms with Gasteiger partial charge in [0.1, 0.15) is 6.29 Å². The second-order valence-corrected chi connectivity index (χ2v) is 3.71.